The Kier molecular flexibility index (Phi) is 9.04. The lowest BCUT2D eigenvalue weighted by Gasteiger charge is -2.38. The Hall–Kier alpha value is -0.880. The van der Waals surface area contributed by atoms with E-state index >= 15 is 0 Å². The van der Waals surface area contributed by atoms with Crippen LogP contribution in [0.5, 0.6) is 0 Å². The summed E-state index contributed by atoms with van der Waals surface area (Å²) in [7, 11) is 1.89. The van der Waals surface area contributed by atoms with E-state index in [0.29, 0.717) is 6.04 Å². The van der Waals surface area contributed by atoms with Crippen molar-refractivity contribution in [2.24, 2.45) is 4.99 Å². The number of guanidine groups is 1. The minimum atomic E-state index is 0. The summed E-state index contributed by atoms with van der Waals surface area (Å²) in [6.45, 7) is 8.57. The largest absolute Gasteiger partial charge is 0.379 e. The van der Waals surface area contributed by atoms with Gasteiger partial charge in [0.05, 0.1) is 24.3 Å². The smallest absolute Gasteiger partial charge is 0.193 e. The van der Waals surface area contributed by atoms with Gasteiger partial charge in [0, 0.05) is 57.7 Å². The number of aliphatic imine (C=N–C) groups is 1. The second kappa shape index (κ2) is 11.5. The van der Waals surface area contributed by atoms with E-state index in [1.807, 2.05) is 29.7 Å². The fourth-order valence-electron chi connectivity index (χ4n) is 3.89. The van der Waals surface area contributed by atoms with Crippen LogP contribution in [0.1, 0.15) is 10.9 Å². The lowest BCUT2D eigenvalue weighted by molar-refractivity contribution is 0.0176. The molecule has 0 aromatic carbocycles. The van der Waals surface area contributed by atoms with Gasteiger partial charge < -0.3 is 19.9 Å². The molecule has 4 heterocycles. The van der Waals surface area contributed by atoms with Crippen molar-refractivity contribution in [3.63, 3.8) is 0 Å². The van der Waals surface area contributed by atoms with Crippen molar-refractivity contribution in [3.8, 4) is 0 Å². The first-order chi connectivity index (χ1) is 13.8. The molecule has 4 rings (SSSR count). The molecular formula is C20H30IN5OS2. The van der Waals surface area contributed by atoms with Gasteiger partial charge >= 0.3 is 0 Å². The molecule has 1 atom stereocenters. The number of hydrogen-bond acceptors (Lipinski definition) is 6. The maximum Gasteiger partial charge on any atom is 0.193 e. The third kappa shape index (κ3) is 5.84. The van der Waals surface area contributed by atoms with Crippen LogP contribution in [0, 0.1) is 0 Å². The van der Waals surface area contributed by atoms with Crippen molar-refractivity contribution in [3.05, 3.63) is 39.9 Å². The van der Waals surface area contributed by atoms with E-state index in [1.54, 1.807) is 0 Å². The maximum atomic E-state index is 5.56. The van der Waals surface area contributed by atoms with Crippen LogP contribution in [0.4, 0.5) is 5.00 Å². The summed E-state index contributed by atoms with van der Waals surface area (Å²) in [5.74, 6) is 1.01. The number of anilines is 1. The van der Waals surface area contributed by atoms with Crippen LogP contribution < -0.4 is 10.2 Å². The monoisotopic (exact) mass is 547 g/mol. The zero-order chi connectivity index (χ0) is 19.2. The van der Waals surface area contributed by atoms with Crippen molar-refractivity contribution >= 4 is 57.6 Å². The number of rotatable bonds is 5. The van der Waals surface area contributed by atoms with E-state index in [-0.39, 0.29) is 24.0 Å². The summed E-state index contributed by atoms with van der Waals surface area (Å²) in [6, 6.07) is 9.10. The van der Waals surface area contributed by atoms with Crippen LogP contribution in [-0.2, 0) is 4.74 Å². The van der Waals surface area contributed by atoms with Gasteiger partial charge in [-0.3, -0.25) is 9.89 Å². The lowest BCUT2D eigenvalue weighted by Crippen LogP contribution is -2.53. The summed E-state index contributed by atoms with van der Waals surface area (Å²) >= 11 is 3.66. The number of ether oxygens (including phenoxy) is 1. The van der Waals surface area contributed by atoms with Crippen molar-refractivity contribution in [1.82, 2.24) is 15.1 Å². The van der Waals surface area contributed by atoms with Gasteiger partial charge in [-0.25, -0.2) is 0 Å². The first-order valence-corrected chi connectivity index (χ1v) is 11.7. The molecule has 1 N–H and O–H groups in total. The molecule has 2 saturated heterocycles. The van der Waals surface area contributed by atoms with Crippen LogP contribution in [0.3, 0.4) is 0 Å². The van der Waals surface area contributed by atoms with Gasteiger partial charge in [-0.2, -0.15) is 0 Å². The second-order valence-electron chi connectivity index (χ2n) is 7.03. The van der Waals surface area contributed by atoms with E-state index in [4.69, 9.17) is 4.74 Å². The molecule has 0 radical (unpaired) electrons. The summed E-state index contributed by atoms with van der Waals surface area (Å²) in [5, 5.41) is 9.35. The number of thiophene rings is 2. The third-order valence-electron chi connectivity index (χ3n) is 5.42. The Labute approximate surface area is 198 Å². The van der Waals surface area contributed by atoms with E-state index in [9.17, 15) is 0 Å². The fourth-order valence-corrected chi connectivity index (χ4v) is 5.53. The number of nitrogens with zero attached hydrogens (tertiary/aromatic N) is 4. The normalized spacial score (nSPS) is 19.7. The summed E-state index contributed by atoms with van der Waals surface area (Å²) in [6.07, 6.45) is 0. The standard InChI is InChI=1S/C20H29N5OS2.HI/c1-21-20(25-8-6-24(7-9-25)19-5-3-15-28-19)22-16-17(18-4-2-14-27-18)23-10-12-26-13-11-23;/h2-5,14-15,17H,6-13,16H2,1H3,(H,21,22);1H. The first kappa shape index (κ1) is 22.8. The highest BCUT2D eigenvalue weighted by molar-refractivity contribution is 14.0. The topological polar surface area (TPSA) is 43.3 Å². The molecule has 6 nitrogen and oxygen atoms in total. The van der Waals surface area contributed by atoms with Gasteiger partial charge in [-0.05, 0) is 29.0 Å². The third-order valence-corrected chi connectivity index (χ3v) is 7.32. The van der Waals surface area contributed by atoms with Crippen LogP contribution in [0.25, 0.3) is 0 Å². The van der Waals surface area contributed by atoms with Gasteiger partial charge in [0.2, 0.25) is 0 Å². The quantitative estimate of drug-likeness (QED) is 0.354. The van der Waals surface area contributed by atoms with Gasteiger partial charge in [0.25, 0.3) is 0 Å². The molecule has 160 valence electrons. The molecule has 1 unspecified atom stereocenters. The van der Waals surface area contributed by atoms with Crippen molar-refractivity contribution < 1.29 is 4.74 Å². The maximum absolute atomic E-state index is 5.56. The van der Waals surface area contributed by atoms with E-state index in [1.165, 1.54) is 9.88 Å². The Morgan fingerprint density at radius 1 is 1.07 bits per heavy atom. The molecule has 2 aliphatic rings. The predicted octanol–water partition coefficient (Wildman–Crippen LogP) is 3.20. The highest BCUT2D eigenvalue weighted by atomic mass is 127. The number of halogens is 1. The average molecular weight is 548 g/mol. The van der Waals surface area contributed by atoms with Gasteiger partial charge in [-0.15, -0.1) is 46.7 Å². The van der Waals surface area contributed by atoms with Crippen molar-refractivity contribution in [2.75, 3.05) is 71.0 Å². The molecule has 2 aliphatic heterocycles. The number of nitrogens with one attached hydrogen (secondary N) is 1. The van der Waals surface area contributed by atoms with Crippen LogP contribution >= 0.6 is 46.7 Å². The van der Waals surface area contributed by atoms with Gasteiger partial charge in [-0.1, -0.05) is 6.07 Å². The number of morpholine rings is 1. The Bertz CT molecular complexity index is 726. The zero-order valence-corrected chi connectivity index (χ0v) is 20.8. The molecule has 2 aromatic heterocycles. The molecule has 0 spiro atoms. The molecule has 29 heavy (non-hydrogen) atoms. The Balaban J connectivity index is 0.00000240. The Morgan fingerprint density at radius 3 is 2.41 bits per heavy atom. The second-order valence-corrected chi connectivity index (χ2v) is 8.94. The van der Waals surface area contributed by atoms with Crippen LogP contribution in [-0.4, -0.2) is 81.8 Å². The molecule has 2 aromatic rings. The molecule has 0 bridgehead atoms. The Morgan fingerprint density at radius 2 is 1.79 bits per heavy atom. The summed E-state index contributed by atoms with van der Waals surface area (Å²) < 4.78 is 5.56. The van der Waals surface area contributed by atoms with Crippen LogP contribution in [0.2, 0.25) is 0 Å². The molecular weight excluding hydrogens is 517 g/mol. The SMILES string of the molecule is CN=C(NCC(c1cccs1)N1CCOCC1)N1CCN(c2cccs2)CC1.I. The molecule has 2 fully saturated rings. The lowest BCUT2D eigenvalue weighted by atomic mass is 10.2. The van der Waals surface area contributed by atoms with Crippen molar-refractivity contribution in [1.29, 1.82) is 0 Å². The molecule has 9 heteroatoms. The minimum absolute atomic E-state index is 0. The molecule has 0 saturated carbocycles. The minimum Gasteiger partial charge on any atom is -0.379 e. The predicted molar refractivity (Wildman–Crippen MR) is 134 cm³/mol. The van der Waals surface area contributed by atoms with E-state index < -0.39 is 0 Å². The first-order valence-electron chi connectivity index (χ1n) is 9.94. The van der Waals surface area contributed by atoms with Gasteiger partial charge in [0.1, 0.15) is 0 Å². The summed E-state index contributed by atoms with van der Waals surface area (Å²) in [4.78, 5) is 13.4. The number of piperazine rings is 1. The molecule has 0 amide bonds. The number of hydrogen-bond donors (Lipinski definition) is 1. The van der Waals surface area contributed by atoms with Crippen molar-refractivity contribution in [2.45, 2.75) is 6.04 Å². The molecule has 0 aliphatic carbocycles. The summed E-state index contributed by atoms with van der Waals surface area (Å²) in [5.41, 5.74) is 0. The van der Waals surface area contributed by atoms with Crippen LogP contribution in [0.15, 0.2) is 40.0 Å². The van der Waals surface area contributed by atoms with Gasteiger partial charge in [0.15, 0.2) is 5.96 Å². The van der Waals surface area contributed by atoms with E-state index in [2.05, 4.69) is 60.0 Å². The highest BCUT2D eigenvalue weighted by Crippen LogP contribution is 2.26. The highest BCUT2D eigenvalue weighted by Gasteiger charge is 2.25. The average Bonchev–Trinajstić information content (AvgIpc) is 3.47. The fraction of sp³-hybridized carbons (Fsp3) is 0.550. The van der Waals surface area contributed by atoms with E-state index in [0.717, 1.165) is 65.0 Å². The zero-order valence-electron chi connectivity index (χ0n) is 16.8.